The average Bonchev–Trinajstić information content (AvgIpc) is 2.38. The minimum absolute atomic E-state index is 0.117. The highest BCUT2D eigenvalue weighted by molar-refractivity contribution is 5.73. The maximum atomic E-state index is 11.7. The lowest BCUT2D eigenvalue weighted by atomic mass is 10.0. The Kier molecular flexibility index (Phi) is 7.26. The molecule has 0 aromatic rings. The summed E-state index contributed by atoms with van der Waals surface area (Å²) in [6.07, 6.45) is 1.90. The summed E-state index contributed by atoms with van der Waals surface area (Å²) in [6.45, 7) is 5.80. The Balaban J connectivity index is 2.14. The summed E-state index contributed by atoms with van der Waals surface area (Å²) in [6, 6.07) is 0.576. The third-order valence-electron chi connectivity index (χ3n) is 3.88. The number of aliphatic hydroxyl groups excluding tert-OH is 1. The molecule has 0 aliphatic carbocycles. The summed E-state index contributed by atoms with van der Waals surface area (Å²) in [4.78, 5) is 18.0. The predicted octanol–water partition coefficient (Wildman–Crippen LogP) is 0.0346. The van der Waals surface area contributed by atoms with Crippen molar-refractivity contribution in [3.8, 4) is 0 Å². The number of aliphatic hydroxyl groups is 1. The van der Waals surface area contributed by atoms with Gasteiger partial charge in [0.1, 0.15) is 0 Å². The van der Waals surface area contributed by atoms with Crippen molar-refractivity contribution in [1.82, 2.24) is 20.0 Å². The molecule has 0 bridgehead atoms. The number of likely N-dealkylation sites (tertiary alicyclic amines) is 1. The monoisotopic (exact) mass is 286 g/mol. The molecule has 6 heteroatoms. The topological polar surface area (TPSA) is 59.1 Å². The number of nitrogens with one attached hydrogen (secondary N) is 1. The zero-order valence-electron chi connectivity index (χ0n) is 13.3. The number of urea groups is 1. The summed E-state index contributed by atoms with van der Waals surface area (Å²) >= 11 is 0. The Morgan fingerprint density at radius 2 is 1.95 bits per heavy atom. The molecular weight excluding hydrogens is 256 g/mol. The molecule has 0 aromatic carbocycles. The summed E-state index contributed by atoms with van der Waals surface area (Å²) in [7, 11) is 5.97. The van der Waals surface area contributed by atoms with Gasteiger partial charge in [0, 0.05) is 32.7 Å². The van der Waals surface area contributed by atoms with Crippen molar-refractivity contribution >= 4 is 6.03 Å². The van der Waals surface area contributed by atoms with Crippen molar-refractivity contribution in [1.29, 1.82) is 0 Å². The van der Waals surface area contributed by atoms with Crippen LogP contribution in [0.1, 0.15) is 19.8 Å². The molecule has 1 rings (SSSR count). The van der Waals surface area contributed by atoms with E-state index in [-0.39, 0.29) is 6.03 Å². The molecule has 2 N–H and O–H groups in total. The third-order valence-corrected chi connectivity index (χ3v) is 3.88. The Labute approximate surface area is 122 Å². The number of rotatable bonds is 6. The molecule has 0 aromatic heterocycles. The first kappa shape index (κ1) is 17.2. The van der Waals surface area contributed by atoms with Crippen LogP contribution in [-0.2, 0) is 0 Å². The molecule has 0 spiro atoms. The van der Waals surface area contributed by atoms with Gasteiger partial charge < -0.3 is 25.1 Å². The number of nitrogens with zero attached hydrogens (tertiary/aromatic N) is 3. The van der Waals surface area contributed by atoms with E-state index in [0.717, 1.165) is 19.6 Å². The number of hydrogen-bond donors (Lipinski definition) is 2. The van der Waals surface area contributed by atoms with E-state index in [9.17, 15) is 9.90 Å². The van der Waals surface area contributed by atoms with E-state index < -0.39 is 6.10 Å². The number of hydrogen-bond acceptors (Lipinski definition) is 4. The van der Waals surface area contributed by atoms with Gasteiger partial charge in [0.05, 0.1) is 6.10 Å². The molecule has 2 amide bonds. The fraction of sp³-hybridized carbons (Fsp3) is 0.929. The normalized spacial score (nSPS) is 19.1. The van der Waals surface area contributed by atoms with Gasteiger partial charge in [0.2, 0.25) is 0 Å². The van der Waals surface area contributed by atoms with Crippen LogP contribution in [0, 0.1) is 0 Å². The lowest BCUT2D eigenvalue weighted by molar-refractivity contribution is 0.137. The van der Waals surface area contributed by atoms with E-state index in [0.29, 0.717) is 19.1 Å². The summed E-state index contributed by atoms with van der Waals surface area (Å²) in [5, 5.41) is 12.1. The first-order valence-corrected chi connectivity index (χ1v) is 7.46. The van der Waals surface area contributed by atoms with Crippen LogP contribution in [0.5, 0.6) is 0 Å². The third kappa shape index (κ3) is 6.07. The molecule has 1 unspecified atom stereocenters. The van der Waals surface area contributed by atoms with Crippen molar-refractivity contribution in [2.75, 3.05) is 53.9 Å². The fourth-order valence-corrected chi connectivity index (χ4v) is 2.59. The standard InChI is InChI=1S/C14H30N4O2/c1-12(19)11-17(4)14(20)15-7-10-18-8-5-13(6-9-18)16(2)3/h12-13,19H,5-11H2,1-4H3,(H,15,20). The number of amides is 2. The van der Waals surface area contributed by atoms with Crippen molar-refractivity contribution < 1.29 is 9.90 Å². The van der Waals surface area contributed by atoms with Crippen LogP contribution in [-0.4, -0.2) is 91.8 Å². The first-order chi connectivity index (χ1) is 9.40. The molecule has 20 heavy (non-hydrogen) atoms. The second-order valence-corrected chi connectivity index (χ2v) is 6.00. The smallest absolute Gasteiger partial charge is 0.317 e. The van der Waals surface area contributed by atoms with Gasteiger partial charge in [0.25, 0.3) is 0 Å². The van der Waals surface area contributed by atoms with Crippen molar-refractivity contribution in [3.05, 3.63) is 0 Å². The molecule has 1 saturated heterocycles. The molecule has 1 atom stereocenters. The molecule has 1 aliphatic heterocycles. The Hall–Kier alpha value is -0.850. The Morgan fingerprint density at radius 1 is 1.35 bits per heavy atom. The SMILES string of the molecule is CC(O)CN(C)C(=O)NCCN1CCC(N(C)C)CC1. The Morgan fingerprint density at radius 3 is 2.45 bits per heavy atom. The lowest BCUT2D eigenvalue weighted by Crippen LogP contribution is -2.46. The van der Waals surface area contributed by atoms with E-state index in [1.165, 1.54) is 17.7 Å². The van der Waals surface area contributed by atoms with Gasteiger partial charge in [-0.25, -0.2) is 4.79 Å². The van der Waals surface area contributed by atoms with Gasteiger partial charge in [-0.1, -0.05) is 0 Å². The number of carbonyl (C=O) groups is 1. The maximum Gasteiger partial charge on any atom is 0.317 e. The largest absolute Gasteiger partial charge is 0.392 e. The van der Waals surface area contributed by atoms with E-state index in [1.807, 2.05) is 0 Å². The molecule has 0 radical (unpaired) electrons. The zero-order valence-corrected chi connectivity index (χ0v) is 13.3. The van der Waals surface area contributed by atoms with Crippen LogP contribution in [0.4, 0.5) is 4.79 Å². The molecule has 6 nitrogen and oxygen atoms in total. The van der Waals surface area contributed by atoms with Crippen LogP contribution in [0.25, 0.3) is 0 Å². The van der Waals surface area contributed by atoms with E-state index in [4.69, 9.17) is 0 Å². The number of piperidine rings is 1. The van der Waals surface area contributed by atoms with Crippen LogP contribution < -0.4 is 5.32 Å². The molecule has 0 saturated carbocycles. The highest BCUT2D eigenvalue weighted by Crippen LogP contribution is 2.13. The average molecular weight is 286 g/mol. The molecular formula is C14H30N4O2. The minimum Gasteiger partial charge on any atom is -0.392 e. The predicted molar refractivity (Wildman–Crippen MR) is 80.9 cm³/mol. The van der Waals surface area contributed by atoms with Gasteiger partial charge in [-0.05, 0) is 47.0 Å². The minimum atomic E-state index is -0.490. The summed E-state index contributed by atoms with van der Waals surface area (Å²) in [5.41, 5.74) is 0. The van der Waals surface area contributed by atoms with Crippen LogP contribution in [0.3, 0.4) is 0 Å². The van der Waals surface area contributed by atoms with Crippen LogP contribution in [0.2, 0.25) is 0 Å². The molecule has 1 fully saturated rings. The van der Waals surface area contributed by atoms with Gasteiger partial charge >= 0.3 is 6.03 Å². The number of carbonyl (C=O) groups excluding carboxylic acids is 1. The fourth-order valence-electron chi connectivity index (χ4n) is 2.59. The highest BCUT2D eigenvalue weighted by Gasteiger charge is 2.20. The number of likely N-dealkylation sites (N-methyl/N-ethyl adjacent to an activating group) is 1. The molecule has 1 aliphatic rings. The van der Waals surface area contributed by atoms with Crippen molar-refractivity contribution in [3.63, 3.8) is 0 Å². The van der Waals surface area contributed by atoms with Gasteiger partial charge in [0.15, 0.2) is 0 Å². The van der Waals surface area contributed by atoms with Crippen LogP contribution in [0.15, 0.2) is 0 Å². The second kappa shape index (κ2) is 8.44. The van der Waals surface area contributed by atoms with Gasteiger partial charge in [-0.2, -0.15) is 0 Å². The second-order valence-electron chi connectivity index (χ2n) is 6.00. The highest BCUT2D eigenvalue weighted by atomic mass is 16.3. The lowest BCUT2D eigenvalue weighted by Gasteiger charge is -2.35. The summed E-state index contributed by atoms with van der Waals surface area (Å²) < 4.78 is 0. The van der Waals surface area contributed by atoms with E-state index in [2.05, 4.69) is 29.2 Å². The van der Waals surface area contributed by atoms with Crippen molar-refractivity contribution in [2.45, 2.75) is 31.9 Å². The van der Waals surface area contributed by atoms with E-state index in [1.54, 1.807) is 14.0 Å². The van der Waals surface area contributed by atoms with Crippen LogP contribution >= 0.6 is 0 Å². The quantitative estimate of drug-likeness (QED) is 0.723. The maximum absolute atomic E-state index is 11.7. The summed E-state index contributed by atoms with van der Waals surface area (Å²) in [5.74, 6) is 0. The van der Waals surface area contributed by atoms with E-state index >= 15 is 0 Å². The van der Waals surface area contributed by atoms with Crippen molar-refractivity contribution in [2.24, 2.45) is 0 Å². The van der Waals surface area contributed by atoms with Gasteiger partial charge in [-0.3, -0.25) is 0 Å². The molecule has 118 valence electrons. The Bertz CT molecular complexity index is 289. The first-order valence-electron chi connectivity index (χ1n) is 7.46. The zero-order chi connectivity index (χ0) is 15.1. The van der Waals surface area contributed by atoms with Gasteiger partial charge in [-0.15, -0.1) is 0 Å². The molecule has 1 heterocycles.